The van der Waals surface area contributed by atoms with E-state index in [0.29, 0.717) is 19.6 Å². The van der Waals surface area contributed by atoms with Gasteiger partial charge in [-0.2, -0.15) is 0 Å². The fraction of sp³-hybridized carbons (Fsp3) is 0.533. The molecule has 0 fully saturated rings. The first-order valence-corrected chi connectivity index (χ1v) is 7.67. The summed E-state index contributed by atoms with van der Waals surface area (Å²) < 4.78 is 6.94. The molecule has 2 rings (SSSR count). The van der Waals surface area contributed by atoms with Gasteiger partial charge in [0.1, 0.15) is 0 Å². The van der Waals surface area contributed by atoms with Gasteiger partial charge in [-0.1, -0.05) is 0 Å². The van der Waals surface area contributed by atoms with Crippen molar-refractivity contribution in [2.75, 3.05) is 18.1 Å². The average Bonchev–Trinajstić information content (AvgIpc) is 2.30. The van der Waals surface area contributed by atoms with Gasteiger partial charge < -0.3 is 9.64 Å². The van der Waals surface area contributed by atoms with Crippen LogP contribution in [0, 0.1) is 3.57 Å². The van der Waals surface area contributed by atoms with E-state index < -0.39 is 0 Å². The molecule has 0 N–H and O–H groups in total. The normalized spacial score (nSPS) is 15.6. The van der Waals surface area contributed by atoms with Crippen LogP contribution in [-0.2, 0) is 16.0 Å². The summed E-state index contributed by atoms with van der Waals surface area (Å²) >= 11 is 2.31. The smallest absolute Gasteiger partial charge is 0.227 e. The highest BCUT2D eigenvalue weighted by Crippen LogP contribution is 2.29. The Morgan fingerprint density at radius 1 is 1.32 bits per heavy atom. The number of fused-ring (bicyclic) bond motifs is 1. The highest BCUT2D eigenvalue weighted by Gasteiger charge is 2.24. The number of rotatable bonds is 3. The predicted molar refractivity (Wildman–Crippen MR) is 85.5 cm³/mol. The Morgan fingerprint density at radius 2 is 2.05 bits per heavy atom. The summed E-state index contributed by atoms with van der Waals surface area (Å²) in [4.78, 5) is 13.9. The fourth-order valence-corrected chi connectivity index (χ4v) is 2.77. The van der Waals surface area contributed by atoms with E-state index in [9.17, 15) is 4.79 Å². The molecule has 1 aliphatic heterocycles. The van der Waals surface area contributed by atoms with Crippen molar-refractivity contribution in [1.82, 2.24) is 0 Å². The van der Waals surface area contributed by atoms with Gasteiger partial charge in [0.15, 0.2) is 0 Å². The summed E-state index contributed by atoms with van der Waals surface area (Å²) in [5.74, 6) is 0.200. The number of benzene rings is 1. The lowest BCUT2D eigenvalue weighted by atomic mass is 10.0. The van der Waals surface area contributed by atoms with Crippen LogP contribution >= 0.6 is 22.6 Å². The molecule has 19 heavy (non-hydrogen) atoms. The molecule has 0 atom stereocenters. The Morgan fingerprint density at radius 3 is 2.74 bits per heavy atom. The monoisotopic (exact) mass is 373 g/mol. The van der Waals surface area contributed by atoms with E-state index in [4.69, 9.17) is 4.74 Å². The van der Waals surface area contributed by atoms with E-state index >= 15 is 0 Å². The van der Waals surface area contributed by atoms with Gasteiger partial charge in [-0.15, -0.1) is 0 Å². The number of carbonyl (C=O) groups excluding carboxylic acids is 1. The zero-order valence-corrected chi connectivity index (χ0v) is 13.9. The van der Waals surface area contributed by atoms with E-state index in [1.54, 1.807) is 0 Å². The van der Waals surface area contributed by atoms with Crippen molar-refractivity contribution < 1.29 is 9.53 Å². The number of carbonyl (C=O) groups is 1. The lowest BCUT2D eigenvalue weighted by Crippen LogP contribution is -2.38. The number of amides is 1. The van der Waals surface area contributed by atoms with Crippen LogP contribution in [-0.4, -0.2) is 24.7 Å². The van der Waals surface area contributed by atoms with Gasteiger partial charge in [-0.25, -0.2) is 0 Å². The summed E-state index contributed by atoms with van der Waals surface area (Å²) in [5.41, 5.74) is 2.16. The van der Waals surface area contributed by atoms with E-state index in [1.807, 2.05) is 31.7 Å². The van der Waals surface area contributed by atoms with Crippen molar-refractivity contribution in [1.29, 1.82) is 0 Å². The molecule has 0 spiro atoms. The van der Waals surface area contributed by atoms with Crippen LogP contribution in [0.15, 0.2) is 18.2 Å². The molecule has 0 aliphatic carbocycles. The Bertz CT molecular complexity index is 480. The van der Waals surface area contributed by atoms with Gasteiger partial charge in [-0.05, 0) is 73.5 Å². The maximum Gasteiger partial charge on any atom is 0.227 e. The van der Waals surface area contributed by atoms with Gasteiger partial charge in [0.25, 0.3) is 0 Å². The minimum atomic E-state index is -0.159. The third-order valence-electron chi connectivity index (χ3n) is 3.09. The first-order chi connectivity index (χ1) is 8.87. The molecule has 1 aliphatic rings. The SMILES string of the molecule is CC(C)(C)OCCN1C(=O)CCc2cc(I)ccc21. The lowest BCUT2D eigenvalue weighted by Gasteiger charge is -2.30. The summed E-state index contributed by atoms with van der Waals surface area (Å²) in [6.45, 7) is 7.29. The lowest BCUT2D eigenvalue weighted by molar-refractivity contribution is -0.119. The fourth-order valence-electron chi connectivity index (χ4n) is 2.22. The van der Waals surface area contributed by atoms with Gasteiger partial charge in [0.05, 0.1) is 12.2 Å². The quantitative estimate of drug-likeness (QED) is 0.761. The van der Waals surface area contributed by atoms with Crippen LogP contribution in [0.2, 0.25) is 0 Å². The summed E-state index contributed by atoms with van der Waals surface area (Å²) in [6.07, 6.45) is 1.45. The molecule has 0 radical (unpaired) electrons. The van der Waals surface area contributed by atoms with E-state index in [0.717, 1.165) is 12.1 Å². The predicted octanol–water partition coefficient (Wildman–Crippen LogP) is 3.39. The first-order valence-electron chi connectivity index (χ1n) is 6.59. The Labute approximate surface area is 128 Å². The molecular weight excluding hydrogens is 353 g/mol. The molecule has 0 saturated heterocycles. The summed E-state index contributed by atoms with van der Waals surface area (Å²) in [6, 6.07) is 6.26. The zero-order valence-electron chi connectivity index (χ0n) is 11.7. The third kappa shape index (κ3) is 3.92. The van der Waals surface area contributed by atoms with Gasteiger partial charge in [0.2, 0.25) is 5.91 Å². The Balaban J connectivity index is 2.10. The maximum absolute atomic E-state index is 12.1. The molecule has 0 unspecified atom stereocenters. The average molecular weight is 373 g/mol. The second kappa shape index (κ2) is 5.79. The standard InChI is InChI=1S/C15H20INO2/c1-15(2,3)19-9-8-17-13-6-5-12(16)10-11(13)4-7-14(17)18/h5-6,10H,4,7-9H2,1-3H3. The minimum Gasteiger partial charge on any atom is -0.374 e. The largest absolute Gasteiger partial charge is 0.374 e. The van der Waals surface area contributed by atoms with Crippen molar-refractivity contribution >= 4 is 34.2 Å². The van der Waals surface area contributed by atoms with Crippen LogP contribution in [0.4, 0.5) is 5.69 Å². The second-order valence-electron chi connectivity index (χ2n) is 5.78. The topological polar surface area (TPSA) is 29.5 Å². The summed E-state index contributed by atoms with van der Waals surface area (Å²) in [5, 5.41) is 0. The number of ether oxygens (including phenoxy) is 1. The van der Waals surface area contributed by atoms with Crippen molar-refractivity contribution in [3.8, 4) is 0 Å². The highest BCUT2D eigenvalue weighted by molar-refractivity contribution is 14.1. The van der Waals surface area contributed by atoms with Gasteiger partial charge >= 0.3 is 0 Å². The molecule has 1 amide bonds. The van der Waals surface area contributed by atoms with Crippen LogP contribution in [0.5, 0.6) is 0 Å². The van der Waals surface area contributed by atoms with Crippen molar-refractivity contribution in [3.63, 3.8) is 0 Å². The number of hydrogen-bond acceptors (Lipinski definition) is 2. The molecule has 0 bridgehead atoms. The molecule has 0 aromatic heterocycles. The minimum absolute atomic E-state index is 0.159. The molecule has 104 valence electrons. The number of nitrogens with zero attached hydrogens (tertiary/aromatic N) is 1. The molecule has 1 aromatic rings. The summed E-state index contributed by atoms with van der Waals surface area (Å²) in [7, 11) is 0. The Kier molecular flexibility index (Phi) is 4.50. The van der Waals surface area contributed by atoms with Crippen molar-refractivity contribution in [2.45, 2.75) is 39.2 Å². The van der Waals surface area contributed by atoms with Crippen LogP contribution in [0.1, 0.15) is 32.8 Å². The zero-order chi connectivity index (χ0) is 14.0. The van der Waals surface area contributed by atoms with Crippen molar-refractivity contribution in [2.24, 2.45) is 0 Å². The highest BCUT2D eigenvalue weighted by atomic mass is 127. The van der Waals surface area contributed by atoms with E-state index in [-0.39, 0.29) is 11.5 Å². The van der Waals surface area contributed by atoms with E-state index in [2.05, 4.69) is 34.7 Å². The van der Waals surface area contributed by atoms with Crippen LogP contribution in [0.25, 0.3) is 0 Å². The maximum atomic E-state index is 12.1. The molecular formula is C15H20INO2. The first kappa shape index (κ1) is 14.8. The third-order valence-corrected chi connectivity index (χ3v) is 3.76. The second-order valence-corrected chi connectivity index (χ2v) is 7.02. The van der Waals surface area contributed by atoms with E-state index in [1.165, 1.54) is 9.13 Å². The van der Waals surface area contributed by atoms with Crippen LogP contribution in [0.3, 0.4) is 0 Å². The Hall–Kier alpha value is -0.620. The van der Waals surface area contributed by atoms with Gasteiger partial charge in [0, 0.05) is 22.2 Å². The molecule has 4 heteroatoms. The number of aryl methyl sites for hydroxylation is 1. The number of hydrogen-bond donors (Lipinski definition) is 0. The van der Waals surface area contributed by atoms with Gasteiger partial charge in [-0.3, -0.25) is 4.79 Å². The molecule has 1 aromatic carbocycles. The molecule has 1 heterocycles. The molecule has 0 saturated carbocycles. The van der Waals surface area contributed by atoms with Crippen molar-refractivity contribution in [3.05, 3.63) is 27.3 Å². The number of halogens is 1. The number of anilines is 1. The van der Waals surface area contributed by atoms with Crippen LogP contribution < -0.4 is 4.90 Å². The molecule has 3 nitrogen and oxygen atoms in total.